The molecule has 0 spiro atoms. The largest absolute Gasteiger partial charge is 0.244 e. The predicted octanol–water partition coefficient (Wildman–Crippen LogP) is 2.29. The predicted molar refractivity (Wildman–Crippen MR) is 59.9 cm³/mol. The third kappa shape index (κ3) is 1.82. The van der Waals surface area contributed by atoms with Crippen LogP contribution in [-0.4, -0.2) is 19.7 Å². The molecular formula is C10H8ClNO2S. The van der Waals surface area contributed by atoms with Crippen LogP contribution in [0.5, 0.6) is 0 Å². The normalized spacial score (nSPS) is 11.9. The van der Waals surface area contributed by atoms with Crippen LogP contribution in [0, 0.1) is 0 Å². The van der Waals surface area contributed by atoms with Crippen LogP contribution in [0.3, 0.4) is 0 Å². The Morgan fingerprint density at radius 3 is 2.60 bits per heavy atom. The summed E-state index contributed by atoms with van der Waals surface area (Å²) in [5.74, 6) is 0. The smallest absolute Gasteiger partial charge is 0.176 e. The SMILES string of the molecule is CS(=O)(=O)c1cccc2c(Cl)nccc12. The highest BCUT2D eigenvalue weighted by Crippen LogP contribution is 2.26. The monoisotopic (exact) mass is 241 g/mol. The van der Waals surface area contributed by atoms with Gasteiger partial charge in [-0.1, -0.05) is 23.7 Å². The zero-order valence-corrected chi connectivity index (χ0v) is 9.51. The summed E-state index contributed by atoms with van der Waals surface area (Å²) in [7, 11) is -3.23. The number of rotatable bonds is 1. The molecule has 0 N–H and O–H groups in total. The van der Waals surface area contributed by atoms with E-state index in [0.717, 1.165) is 0 Å². The Hall–Kier alpha value is -1.13. The first-order valence-electron chi connectivity index (χ1n) is 4.23. The number of hydrogen-bond acceptors (Lipinski definition) is 3. The van der Waals surface area contributed by atoms with Crippen molar-refractivity contribution < 1.29 is 8.42 Å². The van der Waals surface area contributed by atoms with Crippen LogP contribution in [-0.2, 0) is 9.84 Å². The van der Waals surface area contributed by atoms with Gasteiger partial charge in [0, 0.05) is 23.2 Å². The van der Waals surface area contributed by atoms with E-state index in [2.05, 4.69) is 4.98 Å². The van der Waals surface area contributed by atoms with Crippen molar-refractivity contribution in [1.82, 2.24) is 4.98 Å². The maximum Gasteiger partial charge on any atom is 0.176 e. The second-order valence-electron chi connectivity index (χ2n) is 3.23. The van der Waals surface area contributed by atoms with Crippen LogP contribution in [0.1, 0.15) is 0 Å². The van der Waals surface area contributed by atoms with E-state index in [1.54, 1.807) is 24.3 Å². The van der Waals surface area contributed by atoms with Gasteiger partial charge in [0.2, 0.25) is 0 Å². The van der Waals surface area contributed by atoms with E-state index in [1.807, 2.05) is 0 Å². The summed E-state index contributed by atoms with van der Waals surface area (Å²) in [6.07, 6.45) is 2.68. The summed E-state index contributed by atoms with van der Waals surface area (Å²) < 4.78 is 23.0. The van der Waals surface area contributed by atoms with Gasteiger partial charge in [0.05, 0.1) is 4.90 Å². The van der Waals surface area contributed by atoms with Crippen molar-refractivity contribution in [2.24, 2.45) is 0 Å². The summed E-state index contributed by atoms with van der Waals surface area (Å²) in [5.41, 5.74) is 0. The molecule has 1 heterocycles. The minimum Gasteiger partial charge on any atom is -0.244 e. The van der Waals surface area contributed by atoms with E-state index in [-0.39, 0.29) is 4.90 Å². The van der Waals surface area contributed by atoms with Crippen LogP contribution < -0.4 is 0 Å². The fourth-order valence-corrected chi connectivity index (χ4v) is 2.59. The van der Waals surface area contributed by atoms with Gasteiger partial charge in [-0.25, -0.2) is 13.4 Å². The van der Waals surface area contributed by atoms with Gasteiger partial charge in [-0.2, -0.15) is 0 Å². The van der Waals surface area contributed by atoms with Crippen LogP contribution in [0.4, 0.5) is 0 Å². The first kappa shape index (κ1) is 10.4. The maximum atomic E-state index is 11.5. The zero-order chi connectivity index (χ0) is 11.1. The van der Waals surface area contributed by atoms with Gasteiger partial charge in [-0.3, -0.25) is 0 Å². The van der Waals surface area contributed by atoms with Crippen molar-refractivity contribution in [1.29, 1.82) is 0 Å². The summed E-state index contributed by atoms with van der Waals surface area (Å²) in [4.78, 5) is 4.18. The number of sulfone groups is 1. The van der Waals surface area contributed by atoms with Gasteiger partial charge in [0.1, 0.15) is 5.15 Å². The summed E-state index contributed by atoms with van der Waals surface area (Å²) in [5, 5.41) is 1.58. The third-order valence-corrected chi connectivity index (χ3v) is 3.57. The molecule has 0 saturated heterocycles. The van der Waals surface area contributed by atoms with E-state index in [4.69, 9.17) is 11.6 Å². The zero-order valence-electron chi connectivity index (χ0n) is 7.94. The lowest BCUT2D eigenvalue weighted by atomic mass is 10.2. The Balaban J connectivity index is 2.96. The molecule has 2 aromatic rings. The molecule has 0 fully saturated rings. The molecule has 5 heteroatoms. The van der Waals surface area contributed by atoms with Crippen molar-refractivity contribution in [3.63, 3.8) is 0 Å². The van der Waals surface area contributed by atoms with Crippen LogP contribution in [0.25, 0.3) is 10.8 Å². The highest BCUT2D eigenvalue weighted by Gasteiger charge is 2.12. The Kier molecular flexibility index (Phi) is 2.40. The number of fused-ring (bicyclic) bond motifs is 1. The fraction of sp³-hybridized carbons (Fsp3) is 0.100. The van der Waals surface area contributed by atoms with Crippen molar-refractivity contribution in [3.8, 4) is 0 Å². The molecule has 0 aliphatic rings. The lowest BCUT2D eigenvalue weighted by Gasteiger charge is -2.04. The minimum absolute atomic E-state index is 0.282. The second-order valence-corrected chi connectivity index (χ2v) is 5.57. The molecule has 0 bridgehead atoms. The number of halogens is 1. The Morgan fingerprint density at radius 1 is 1.20 bits per heavy atom. The van der Waals surface area contributed by atoms with Gasteiger partial charge in [0.15, 0.2) is 9.84 Å². The van der Waals surface area contributed by atoms with E-state index in [0.29, 0.717) is 15.9 Å². The summed E-state index contributed by atoms with van der Waals surface area (Å²) in [6.45, 7) is 0. The Morgan fingerprint density at radius 2 is 1.93 bits per heavy atom. The van der Waals surface area contributed by atoms with Crippen LogP contribution in [0.2, 0.25) is 5.15 Å². The molecule has 3 nitrogen and oxygen atoms in total. The van der Waals surface area contributed by atoms with Gasteiger partial charge in [-0.15, -0.1) is 0 Å². The first-order chi connectivity index (χ1) is 7.00. The molecule has 0 radical (unpaired) electrons. The summed E-state index contributed by atoms with van der Waals surface area (Å²) >= 11 is 5.87. The molecule has 0 aliphatic carbocycles. The molecule has 0 saturated carbocycles. The van der Waals surface area contributed by atoms with Crippen LogP contribution in [0.15, 0.2) is 35.4 Å². The molecule has 1 aromatic heterocycles. The van der Waals surface area contributed by atoms with E-state index in [9.17, 15) is 8.42 Å². The average Bonchev–Trinajstić information content (AvgIpc) is 2.16. The number of nitrogens with zero attached hydrogens (tertiary/aromatic N) is 1. The van der Waals surface area contributed by atoms with E-state index >= 15 is 0 Å². The number of hydrogen-bond donors (Lipinski definition) is 0. The van der Waals surface area contributed by atoms with Gasteiger partial charge < -0.3 is 0 Å². The number of benzene rings is 1. The van der Waals surface area contributed by atoms with Gasteiger partial charge in [-0.05, 0) is 12.1 Å². The average molecular weight is 242 g/mol. The lowest BCUT2D eigenvalue weighted by molar-refractivity contribution is 0.602. The van der Waals surface area contributed by atoms with Crippen LogP contribution >= 0.6 is 11.6 Å². The fourth-order valence-electron chi connectivity index (χ4n) is 1.47. The van der Waals surface area contributed by atoms with Gasteiger partial charge >= 0.3 is 0 Å². The lowest BCUT2D eigenvalue weighted by Crippen LogP contribution is -1.98. The number of pyridine rings is 1. The molecule has 0 amide bonds. The molecular weight excluding hydrogens is 234 g/mol. The third-order valence-electron chi connectivity index (χ3n) is 2.12. The highest BCUT2D eigenvalue weighted by atomic mass is 35.5. The molecule has 2 rings (SSSR count). The minimum atomic E-state index is -3.23. The maximum absolute atomic E-state index is 11.5. The van der Waals surface area contributed by atoms with Crippen molar-refractivity contribution in [3.05, 3.63) is 35.6 Å². The molecule has 0 unspecified atom stereocenters. The quantitative estimate of drug-likeness (QED) is 0.720. The molecule has 78 valence electrons. The molecule has 1 aromatic carbocycles. The standard InChI is InChI=1S/C10H8ClNO2S/c1-15(13,14)9-4-2-3-8-7(9)5-6-12-10(8)11/h2-6H,1H3. The number of aromatic nitrogens is 1. The second kappa shape index (κ2) is 3.47. The topological polar surface area (TPSA) is 47.0 Å². The van der Waals surface area contributed by atoms with Crippen molar-refractivity contribution in [2.45, 2.75) is 4.90 Å². The highest BCUT2D eigenvalue weighted by molar-refractivity contribution is 7.91. The van der Waals surface area contributed by atoms with Crippen molar-refractivity contribution in [2.75, 3.05) is 6.26 Å². The molecule has 0 aliphatic heterocycles. The molecule has 0 atom stereocenters. The Labute approximate surface area is 92.6 Å². The van der Waals surface area contributed by atoms with E-state index in [1.165, 1.54) is 12.5 Å². The van der Waals surface area contributed by atoms with E-state index < -0.39 is 9.84 Å². The van der Waals surface area contributed by atoms with Gasteiger partial charge in [0.25, 0.3) is 0 Å². The van der Waals surface area contributed by atoms with Crippen molar-refractivity contribution >= 4 is 32.2 Å². The first-order valence-corrected chi connectivity index (χ1v) is 6.50. The summed E-state index contributed by atoms with van der Waals surface area (Å²) in [6, 6.07) is 6.62. The Bertz CT molecular complexity index is 622. The molecule has 15 heavy (non-hydrogen) atoms.